The molecule has 2 unspecified atom stereocenters. The second-order valence-corrected chi connectivity index (χ2v) is 5.57. The number of nitrogens with one attached hydrogen (secondary N) is 2. The van der Waals surface area contributed by atoms with Crippen LogP contribution in [0.3, 0.4) is 0 Å². The Morgan fingerprint density at radius 1 is 1.35 bits per heavy atom. The van der Waals surface area contributed by atoms with Gasteiger partial charge < -0.3 is 10.6 Å². The smallest absolute Gasteiger partial charge is 0.225 e. The molecule has 3 fully saturated rings. The minimum absolute atomic E-state index is 0. The first-order chi connectivity index (χ1) is 7.74. The number of nitrogens with zero attached hydrogens (tertiary/aromatic N) is 1. The summed E-state index contributed by atoms with van der Waals surface area (Å²) in [6.45, 7) is 5.08. The quantitative estimate of drug-likeness (QED) is 0.770. The van der Waals surface area contributed by atoms with Gasteiger partial charge in [-0.25, -0.2) is 0 Å². The fourth-order valence-corrected chi connectivity index (χ4v) is 2.87. The van der Waals surface area contributed by atoms with Crippen molar-refractivity contribution in [2.24, 2.45) is 5.92 Å². The highest BCUT2D eigenvalue weighted by Gasteiger charge is 2.39. The summed E-state index contributed by atoms with van der Waals surface area (Å²) in [6.07, 6.45) is 3.84. The van der Waals surface area contributed by atoms with Crippen LogP contribution in [0.4, 0.5) is 0 Å². The molecule has 1 saturated carbocycles. The molecule has 3 rings (SSSR count). The lowest BCUT2D eigenvalue weighted by Crippen LogP contribution is -2.53. The van der Waals surface area contributed by atoms with E-state index in [9.17, 15) is 4.79 Å². The number of hydrogen-bond acceptors (Lipinski definition) is 3. The van der Waals surface area contributed by atoms with Crippen LogP contribution in [0.5, 0.6) is 0 Å². The SMILES string of the molecule is CC1CC(NC(=O)C2CNC2)CN1C1CC1.Cl. The second-order valence-electron chi connectivity index (χ2n) is 5.57. The largest absolute Gasteiger partial charge is 0.352 e. The Kier molecular flexibility index (Phi) is 3.95. The van der Waals surface area contributed by atoms with Crippen molar-refractivity contribution in [3.8, 4) is 0 Å². The Hall–Kier alpha value is -0.320. The summed E-state index contributed by atoms with van der Waals surface area (Å²) in [6, 6.07) is 1.86. The maximum Gasteiger partial charge on any atom is 0.225 e. The summed E-state index contributed by atoms with van der Waals surface area (Å²) in [4.78, 5) is 14.4. The summed E-state index contributed by atoms with van der Waals surface area (Å²) in [5, 5.41) is 6.34. The molecule has 0 aromatic carbocycles. The normalized spacial score (nSPS) is 33.9. The van der Waals surface area contributed by atoms with Gasteiger partial charge in [-0.3, -0.25) is 9.69 Å². The maximum absolute atomic E-state index is 11.8. The number of amides is 1. The highest BCUT2D eigenvalue weighted by Crippen LogP contribution is 2.33. The molecule has 0 aromatic rings. The summed E-state index contributed by atoms with van der Waals surface area (Å²) in [5.74, 6) is 0.485. The molecular formula is C12H22ClN3O. The van der Waals surface area contributed by atoms with E-state index in [-0.39, 0.29) is 24.2 Å². The fourth-order valence-electron chi connectivity index (χ4n) is 2.87. The highest BCUT2D eigenvalue weighted by molar-refractivity contribution is 5.85. The zero-order valence-electron chi connectivity index (χ0n) is 10.3. The van der Waals surface area contributed by atoms with Crippen LogP contribution in [0.1, 0.15) is 26.2 Å². The van der Waals surface area contributed by atoms with Gasteiger partial charge in [0.25, 0.3) is 0 Å². The number of carbonyl (C=O) groups excluding carboxylic acids is 1. The van der Waals surface area contributed by atoms with Gasteiger partial charge in [0.2, 0.25) is 5.91 Å². The lowest BCUT2D eigenvalue weighted by Gasteiger charge is -2.27. The van der Waals surface area contributed by atoms with Gasteiger partial charge in [0.15, 0.2) is 0 Å². The van der Waals surface area contributed by atoms with Gasteiger partial charge in [0.1, 0.15) is 0 Å². The zero-order chi connectivity index (χ0) is 11.1. The molecule has 2 heterocycles. The fraction of sp³-hybridized carbons (Fsp3) is 0.917. The van der Waals surface area contributed by atoms with E-state index in [0.29, 0.717) is 12.1 Å². The van der Waals surface area contributed by atoms with Gasteiger partial charge in [-0.15, -0.1) is 12.4 Å². The van der Waals surface area contributed by atoms with Crippen molar-refractivity contribution in [2.75, 3.05) is 19.6 Å². The molecule has 98 valence electrons. The van der Waals surface area contributed by atoms with Gasteiger partial charge in [-0.2, -0.15) is 0 Å². The molecule has 1 amide bonds. The molecule has 1 aliphatic carbocycles. The third-order valence-electron chi connectivity index (χ3n) is 4.14. The van der Waals surface area contributed by atoms with E-state index in [1.165, 1.54) is 12.8 Å². The molecule has 0 aromatic heterocycles. The van der Waals surface area contributed by atoms with Crippen molar-refractivity contribution in [3.63, 3.8) is 0 Å². The lowest BCUT2D eigenvalue weighted by molar-refractivity contribution is -0.127. The van der Waals surface area contributed by atoms with Crippen molar-refractivity contribution < 1.29 is 4.79 Å². The van der Waals surface area contributed by atoms with Crippen molar-refractivity contribution in [1.82, 2.24) is 15.5 Å². The lowest BCUT2D eigenvalue weighted by atomic mass is 10.0. The summed E-state index contributed by atoms with van der Waals surface area (Å²) in [5.41, 5.74) is 0. The highest BCUT2D eigenvalue weighted by atomic mass is 35.5. The van der Waals surface area contributed by atoms with E-state index < -0.39 is 0 Å². The third kappa shape index (κ3) is 2.75. The summed E-state index contributed by atoms with van der Waals surface area (Å²) in [7, 11) is 0. The number of hydrogen-bond donors (Lipinski definition) is 2. The molecule has 0 spiro atoms. The molecule has 2 aliphatic heterocycles. The van der Waals surface area contributed by atoms with E-state index in [1.54, 1.807) is 0 Å². The van der Waals surface area contributed by atoms with Crippen LogP contribution in [0, 0.1) is 5.92 Å². The van der Waals surface area contributed by atoms with Crippen LogP contribution < -0.4 is 10.6 Å². The summed E-state index contributed by atoms with van der Waals surface area (Å²) < 4.78 is 0. The first-order valence-electron chi connectivity index (χ1n) is 6.51. The van der Waals surface area contributed by atoms with Gasteiger partial charge in [0.05, 0.1) is 5.92 Å². The molecule has 2 saturated heterocycles. The van der Waals surface area contributed by atoms with Crippen molar-refractivity contribution in [3.05, 3.63) is 0 Å². The molecule has 0 radical (unpaired) electrons. The van der Waals surface area contributed by atoms with Crippen LogP contribution in [-0.4, -0.2) is 48.6 Å². The van der Waals surface area contributed by atoms with E-state index >= 15 is 0 Å². The van der Waals surface area contributed by atoms with Crippen molar-refractivity contribution >= 4 is 18.3 Å². The third-order valence-corrected chi connectivity index (χ3v) is 4.14. The Bertz CT molecular complexity index is 291. The van der Waals surface area contributed by atoms with Crippen LogP contribution >= 0.6 is 12.4 Å². The number of rotatable bonds is 3. The van der Waals surface area contributed by atoms with Crippen LogP contribution in [0.15, 0.2) is 0 Å². The number of likely N-dealkylation sites (tertiary alicyclic amines) is 1. The Morgan fingerprint density at radius 3 is 2.59 bits per heavy atom. The average molecular weight is 260 g/mol. The van der Waals surface area contributed by atoms with Crippen LogP contribution in [0.2, 0.25) is 0 Å². The van der Waals surface area contributed by atoms with E-state index in [1.807, 2.05) is 0 Å². The van der Waals surface area contributed by atoms with Gasteiger partial charge in [0, 0.05) is 37.8 Å². The second kappa shape index (κ2) is 5.12. The number of halogens is 1. The monoisotopic (exact) mass is 259 g/mol. The molecule has 2 N–H and O–H groups in total. The van der Waals surface area contributed by atoms with Gasteiger partial charge in [-0.1, -0.05) is 0 Å². The minimum atomic E-state index is 0. The van der Waals surface area contributed by atoms with E-state index in [4.69, 9.17) is 0 Å². The Morgan fingerprint density at radius 2 is 2.06 bits per heavy atom. The molecule has 3 aliphatic rings. The van der Waals surface area contributed by atoms with Crippen molar-refractivity contribution in [2.45, 2.75) is 44.3 Å². The molecule has 2 atom stereocenters. The van der Waals surface area contributed by atoms with Gasteiger partial charge in [-0.05, 0) is 26.2 Å². The Balaban J connectivity index is 0.00000108. The first kappa shape index (κ1) is 13.1. The predicted octanol–water partition coefficient (Wildman–Crippen LogP) is 0.369. The van der Waals surface area contributed by atoms with Crippen molar-refractivity contribution in [1.29, 1.82) is 0 Å². The van der Waals surface area contributed by atoms with Crippen LogP contribution in [-0.2, 0) is 4.79 Å². The van der Waals surface area contributed by atoms with Gasteiger partial charge >= 0.3 is 0 Å². The zero-order valence-corrected chi connectivity index (χ0v) is 11.1. The number of carbonyl (C=O) groups is 1. The molecule has 0 bridgehead atoms. The molecule has 5 heteroatoms. The topological polar surface area (TPSA) is 44.4 Å². The predicted molar refractivity (Wildman–Crippen MR) is 69.3 cm³/mol. The average Bonchev–Trinajstić information content (AvgIpc) is 2.89. The maximum atomic E-state index is 11.8. The minimum Gasteiger partial charge on any atom is -0.352 e. The molecule has 4 nitrogen and oxygen atoms in total. The standard InChI is InChI=1S/C12H21N3O.ClH/c1-8-4-10(7-15(8)11-2-3-11)14-12(16)9-5-13-6-9;/h8-11,13H,2-7H2,1H3,(H,14,16);1H. The molecule has 17 heavy (non-hydrogen) atoms. The summed E-state index contributed by atoms with van der Waals surface area (Å²) >= 11 is 0. The first-order valence-corrected chi connectivity index (χ1v) is 6.51. The van der Waals surface area contributed by atoms with Crippen LogP contribution in [0.25, 0.3) is 0 Å². The van der Waals surface area contributed by atoms with E-state index in [0.717, 1.165) is 32.1 Å². The Labute approximate surface area is 109 Å². The van der Waals surface area contributed by atoms with E-state index in [2.05, 4.69) is 22.5 Å². The molecular weight excluding hydrogens is 238 g/mol.